The first-order valence-electron chi connectivity index (χ1n) is 9.16. The summed E-state index contributed by atoms with van der Waals surface area (Å²) >= 11 is 0. The molecule has 0 radical (unpaired) electrons. The van der Waals surface area contributed by atoms with Gasteiger partial charge < -0.3 is 9.47 Å². The van der Waals surface area contributed by atoms with Crippen LogP contribution in [0.25, 0.3) is 0 Å². The molecule has 0 unspecified atom stereocenters. The second-order valence-corrected chi connectivity index (χ2v) is 8.34. The van der Waals surface area contributed by atoms with E-state index in [-0.39, 0.29) is 42.6 Å². The summed E-state index contributed by atoms with van der Waals surface area (Å²) in [4.78, 5) is 21.7. The third-order valence-electron chi connectivity index (χ3n) is 4.49. The van der Waals surface area contributed by atoms with E-state index in [0.29, 0.717) is 11.1 Å². The number of benzene rings is 2. The Morgan fingerprint density at radius 3 is 2.52 bits per heavy atom. The van der Waals surface area contributed by atoms with E-state index >= 15 is 0 Å². The van der Waals surface area contributed by atoms with Crippen molar-refractivity contribution in [2.45, 2.75) is 4.90 Å². The number of carbonyl (C=O) groups excluding carboxylic acids is 1. The maximum Gasteiger partial charge on any atom is 0.337 e. The first-order chi connectivity index (χ1) is 14.8. The van der Waals surface area contributed by atoms with Gasteiger partial charge in [0.25, 0.3) is 5.69 Å². The van der Waals surface area contributed by atoms with E-state index in [1.165, 1.54) is 29.8 Å². The first kappa shape index (κ1) is 22.3. The molecule has 1 heterocycles. The number of methoxy groups -OCH3 is 1. The molecule has 164 valence electrons. The van der Waals surface area contributed by atoms with Gasteiger partial charge in [-0.25, -0.2) is 13.2 Å². The number of hydrogen-bond donors (Lipinski definition) is 1. The molecular weight excluding hydrogens is 428 g/mol. The average molecular weight is 448 g/mol. The molecule has 0 aromatic heterocycles. The minimum absolute atomic E-state index is 0.0968. The fourth-order valence-corrected chi connectivity index (χ4v) is 4.43. The number of rotatable bonds is 7. The molecule has 0 bridgehead atoms. The Hall–Kier alpha value is -3.35. The lowest BCUT2D eigenvalue weighted by Crippen LogP contribution is -2.40. The van der Waals surface area contributed by atoms with Crippen LogP contribution in [0.5, 0.6) is 0 Å². The number of hydrogen-bond acceptors (Lipinski definition) is 9. The second kappa shape index (κ2) is 9.64. The van der Waals surface area contributed by atoms with Gasteiger partial charge in [-0.05, 0) is 23.8 Å². The van der Waals surface area contributed by atoms with Crippen molar-refractivity contribution >= 4 is 33.6 Å². The van der Waals surface area contributed by atoms with Crippen LogP contribution in [0.15, 0.2) is 52.5 Å². The van der Waals surface area contributed by atoms with Crippen LogP contribution in [0.3, 0.4) is 0 Å². The fourth-order valence-electron chi connectivity index (χ4n) is 2.86. The van der Waals surface area contributed by atoms with Crippen molar-refractivity contribution in [3.05, 3.63) is 63.7 Å². The number of nitro benzene ring substituents is 1. The van der Waals surface area contributed by atoms with Gasteiger partial charge in [-0.15, -0.1) is 0 Å². The van der Waals surface area contributed by atoms with Gasteiger partial charge in [-0.2, -0.15) is 9.41 Å². The quantitative estimate of drug-likeness (QED) is 0.293. The van der Waals surface area contributed by atoms with Gasteiger partial charge in [0.05, 0.1) is 42.7 Å². The van der Waals surface area contributed by atoms with Crippen molar-refractivity contribution in [3.63, 3.8) is 0 Å². The third-order valence-corrected chi connectivity index (χ3v) is 6.43. The van der Waals surface area contributed by atoms with E-state index in [1.54, 1.807) is 24.3 Å². The molecule has 12 heteroatoms. The Bertz CT molecular complexity index is 1090. The summed E-state index contributed by atoms with van der Waals surface area (Å²) in [5.74, 6) is -0.467. The molecule has 0 amide bonds. The number of anilines is 1. The average Bonchev–Trinajstić information content (AvgIpc) is 2.79. The van der Waals surface area contributed by atoms with Crippen LogP contribution in [-0.4, -0.2) is 63.2 Å². The molecule has 1 N–H and O–H groups in total. The van der Waals surface area contributed by atoms with Gasteiger partial charge in [-0.3, -0.25) is 15.5 Å². The number of sulfonamides is 1. The van der Waals surface area contributed by atoms with Crippen LogP contribution < -0.4 is 5.43 Å². The number of non-ortho nitro benzene ring substituents is 1. The highest BCUT2D eigenvalue weighted by atomic mass is 32.2. The number of carbonyl (C=O) groups is 1. The zero-order chi connectivity index (χ0) is 22.4. The lowest BCUT2D eigenvalue weighted by Gasteiger charge is -2.26. The normalized spacial score (nSPS) is 15.0. The molecule has 31 heavy (non-hydrogen) atoms. The first-order valence-corrected chi connectivity index (χ1v) is 10.6. The van der Waals surface area contributed by atoms with Crippen molar-refractivity contribution in [3.8, 4) is 0 Å². The van der Waals surface area contributed by atoms with Gasteiger partial charge in [0.2, 0.25) is 10.0 Å². The lowest BCUT2D eigenvalue weighted by molar-refractivity contribution is -0.385. The standard InChI is InChI=1S/C19H20N4O7S/c1-29-19(24)15-4-2-14(3-5-15)13-20-21-17-7-6-16(23(25)26)12-18(17)31(27,28)22-8-10-30-11-9-22/h2-7,12-13,21H,8-11H2,1H3. The summed E-state index contributed by atoms with van der Waals surface area (Å²) < 4.78 is 37.2. The van der Waals surface area contributed by atoms with Gasteiger partial charge in [0.15, 0.2) is 0 Å². The van der Waals surface area contributed by atoms with Crippen LogP contribution in [0.1, 0.15) is 15.9 Å². The highest BCUT2D eigenvalue weighted by Crippen LogP contribution is 2.29. The summed E-state index contributed by atoms with van der Waals surface area (Å²) in [7, 11) is -2.71. The molecule has 0 spiro atoms. The summed E-state index contributed by atoms with van der Waals surface area (Å²) in [6.07, 6.45) is 1.42. The van der Waals surface area contributed by atoms with Crippen molar-refractivity contribution in [1.82, 2.24) is 4.31 Å². The second-order valence-electron chi connectivity index (χ2n) is 6.44. The fraction of sp³-hybridized carbons (Fsp3) is 0.263. The van der Waals surface area contributed by atoms with Crippen molar-refractivity contribution in [2.24, 2.45) is 5.10 Å². The van der Waals surface area contributed by atoms with E-state index in [9.17, 15) is 23.3 Å². The predicted octanol–water partition coefficient (Wildman–Crippen LogP) is 1.85. The zero-order valence-electron chi connectivity index (χ0n) is 16.6. The molecule has 3 rings (SSSR count). The number of nitrogens with one attached hydrogen (secondary N) is 1. The predicted molar refractivity (Wildman–Crippen MR) is 112 cm³/mol. The number of ether oxygens (including phenoxy) is 2. The van der Waals surface area contributed by atoms with Gasteiger partial charge in [0.1, 0.15) is 4.90 Å². The Morgan fingerprint density at radius 1 is 1.23 bits per heavy atom. The molecule has 0 saturated carbocycles. The molecule has 1 fully saturated rings. The van der Waals surface area contributed by atoms with Crippen LogP contribution in [0.2, 0.25) is 0 Å². The topological polar surface area (TPSA) is 140 Å². The van der Waals surface area contributed by atoms with Crippen molar-refractivity contribution < 1.29 is 27.6 Å². The molecule has 0 aliphatic carbocycles. The molecule has 0 atom stereocenters. The lowest BCUT2D eigenvalue weighted by atomic mass is 10.1. The van der Waals surface area contributed by atoms with E-state index in [4.69, 9.17) is 4.74 Å². The molecule has 2 aromatic rings. The van der Waals surface area contributed by atoms with E-state index in [2.05, 4.69) is 15.3 Å². The molecule has 1 aliphatic rings. The molecule has 11 nitrogen and oxygen atoms in total. The Labute approximate surface area is 178 Å². The SMILES string of the molecule is COC(=O)c1ccc(C=NNc2ccc([N+](=O)[O-])cc2S(=O)(=O)N2CCOCC2)cc1. The van der Waals surface area contributed by atoms with Crippen molar-refractivity contribution in [1.29, 1.82) is 0 Å². The van der Waals surface area contributed by atoms with Gasteiger partial charge in [-0.1, -0.05) is 12.1 Å². The van der Waals surface area contributed by atoms with Crippen molar-refractivity contribution in [2.75, 3.05) is 38.8 Å². The smallest absolute Gasteiger partial charge is 0.337 e. The van der Waals surface area contributed by atoms with Crippen LogP contribution in [0.4, 0.5) is 11.4 Å². The summed E-state index contributed by atoms with van der Waals surface area (Å²) in [5.41, 5.74) is 3.40. The van der Waals surface area contributed by atoms with Gasteiger partial charge >= 0.3 is 5.97 Å². The van der Waals surface area contributed by atoms with E-state index in [0.717, 1.165) is 6.07 Å². The number of esters is 1. The summed E-state index contributed by atoms with van der Waals surface area (Å²) in [5, 5.41) is 15.2. The van der Waals surface area contributed by atoms with Crippen LogP contribution >= 0.6 is 0 Å². The third kappa shape index (κ3) is 5.23. The summed E-state index contributed by atoms with van der Waals surface area (Å²) in [6, 6.07) is 9.90. The zero-order valence-corrected chi connectivity index (χ0v) is 17.4. The summed E-state index contributed by atoms with van der Waals surface area (Å²) in [6.45, 7) is 0.799. The minimum Gasteiger partial charge on any atom is -0.465 e. The molecular formula is C19H20N4O7S. The number of nitro groups is 1. The maximum absolute atomic E-state index is 13.1. The molecule has 2 aromatic carbocycles. The van der Waals surface area contributed by atoms with E-state index < -0.39 is 20.9 Å². The monoisotopic (exact) mass is 448 g/mol. The molecule has 1 aliphatic heterocycles. The highest BCUT2D eigenvalue weighted by Gasteiger charge is 2.30. The number of hydrazone groups is 1. The number of morpholine rings is 1. The highest BCUT2D eigenvalue weighted by molar-refractivity contribution is 7.89. The van der Waals surface area contributed by atoms with Gasteiger partial charge in [0, 0.05) is 25.2 Å². The Kier molecular flexibility index (Phi) is 6.95. The maximum atomic E-state index is 13.1. The molecule has 1 saturated heterocycles. The Balaban J connectivity index is 1.86. The van der Waals surface area contributed by atoms with Crippen LogP contribution in [0, 0.1) is 10.1 Å². The minimum atomic E-state index is -4.00. The number of nitrogens with zero attached hydrogens (tertiary/aromatic N) is 3. The van der Waals surface area contributed by atoms with Crippen LogP contribution in [-0.2, 0) is 19.5 Å². The largest absolute Gasteiger partial charge is 0.465 e. The Morgan fingerprint density at radius 2 is 1.90 bits per heavy atom. The van der Waals surface area contributed by atoms with E-state index in [1.807, 2.05) is 0 Å².